The number of amides is 2. The third-order valence-electron chi connectivity index (χ3n) is 5.93. The molecule has 3 aromatic rings. The second kappa shape index (κ2) is 7.46. The lowest BCUT2D eigenvalue weighted by Crippen LogP contribution is -2.60. The van der Waals surface area contributed by atoms with Crippen molar-refractivity contribution in [2.75, 3.05) is 20.8 Å². The van der Waals surface area contributed by atoms with E-state index >= 15 is 0 Å². The lowest BCUT2D eigenvalue weighted by atomic mass is 9.94. The fraction of sp³-hybridized carbons (Fsp3) is 0.261. The van der Waals surface area contributed by atoms with Gasteiger partial charge in [-0.15, -0.1) is 0 Å². The highest BCUT2D eigenvalue weighted by atomic mass is 16.5. The Labute approximate surface area is 179 Å². The number of rotatable bonds is 4. The zero-order chi connectivity index (χ0) is 21.5. The van der Waals surface area contributed by atoms with E-state index in [2.05, 4.69) is 10.1 Å². The minimum absolute atomic E-state index is 0.0835. The Bertz CT molecular complexity index is 1220. The maximum atomic E-state index is 13.2. The number of aromatic amines is 1. The molecule has 1 unspecified atom stereocenters. The van der Waals surface area contributed by atoms with Gasteiger partial charge in [0.15, 0.2) is 0 Å². The van der Waals surface area contributed by atoms with Gasteiger partial charge in [-0.05, 0) is 23.8 Å². The SMILES string of the molecule is COc1ccc(C=NN2CC(=O)N3Cc4[nH]c5ccccc5c4CC3C2=O)c(OC)c1. The number of para-hydroxylation sites is 1. The monoisotopic (exact) mass is 418 g/mol. The van der Waals surface area contributed by atoms with E-state index in [1.54, 1.807) is 43.5 Å². The summed E-state index contributed by atoms with van der Waals surface area (Å²) in [5.74, 6) is 0.930. The second-order valence-corrected chi connectivity index (χ2v) is 7.62. The summed E-state index contributed by atoms with van der Waals surface area (Å²) in [5.41, 5.74) is 3.81. The van der Waals surface area contributed by atoms with Crippen LogP contribution in [0.5, 0.6) is 11.5 Å². The third kappa shape index (κ3) is 3.20. The first-order chi connectivity index (χ1) is 15.1. The molecule has 158 valence electrons. The fourth-order valence-corrected chi connectivity index (χ4v) is 4.31. The number of hydrogen-bond acceptors (Lipinski definition) is 5. The average Bonchev–Trinajstić information content (AvgIpc) is 3.17. The van der Waals surface area contributed by atoms with Crippen LogP contribution in [0, 0.1) is 0 Å². The first-order valence-electron chi connectivity index (χ1n) is 10.0. The highest BCUT2D eigenvalue weighted by Gasteiger charge is 2.43. The molecule has 3 heterocycles. The zero-order valence-corrected chi connectivity index (χ0v) is 17.3. The van der Waals surface area contributed by atoms with Crippen molar-refractivity contribution in [1.82, 2.24) is 14.9 Å². The Morgan fingerprint density at radius 3 is 2.74 bits per heavy atom. The summed E-state index contributed by atoms with van der Waals surface area (Å²) in [6, 6.07) is 12.8. The van der Waals surface area contributed by atoms with E-state index in [1.165, 1.54) is 5.01 Å². The molecule has 0 radical (unpaired) electrons. The van der Waals surface area contributed by atoms with E-state index in [9.17, 15) is 9.59 Å². The summed E-state index contributed by atoms with van der Waals surface area (Å²) in [6.07, 6.45) is 2.01. The number of ether oxygens (including phenoxy) is 2. The average molecular weight is 418 g/mol. The number of piperazine rings is 1. The van der Waals surface area contributed by atoms with Gasteiger partial charge in [0, 0.05) is 34.6 Å². The van der Waals surface area contributed by atoms with Gasteiger partial charge in [-0.2, -0.15) is 5.10 Å². The molecular formula is C23H22N4O4. The van der Waals surface area contributed by atoms with Crippen LogP contribution < -0.4 is 9.47 Å². The number of carbonyl (C=O) groups excluding carboxylic acids is 2. The maximum Gasteiger partial charge on any atom is 0.266 e. The van der Waals surface area contributed by atoms with E-state index in [0.717, 1.165) is 22.2 Å². The van der Waals surface area contributed by atoms with Gasteiger partial charge in [-0.3, -0.25) is 9.59 Å². The van der Waals surface area contributed by atoms with Crippen molar-refractivity contribution in [3.8, 4) is 11.5 Å². The van der Waals surface area contributed by atoms with Crippen LogP contribution in [0.4, 0.5) is 0 Å². The van der Waals surface area contributed by atoms with Crippen LogP contribution in [0.1, 0.15) is 16.8 Å². The topological polar surface area (TPSA) is 87.2 Å². The number of H-pyrrole nitrogens is 1. The molecular weight excluding hydrogens is 396 g/mol. The predicted molar refractivity (Wildman–Crippen MR) is 115 cm³/mol. The van der Waals surface area contributed by atoms with Crippen molar-refractivity contribution in [3.63, 3.8) is 0 Å². The molecule has 1 saturated heterocycles. The molecule has 0 aliphatic carbocycles. The van der Waals surface area contributed by atoms with Crippen molar-refractivity contribution in [1.29, 1.82) is 0 Å². The molecule has 8 nitrogen and oxygen atoms in total. The quantitative estimate of drug-likeness (QED) is 0.659. The first kappa shape index (κ1) is 19.2. The summed E-state index contributed by atoms with van der Waals surface area (Å²) in [4.78, 5) is 31.1. The molecule has 0 spiro atoms. The molecule has 0 saturated carbocycles. The van der Waals surface area contributed by atoms with E-state index in [4.69, 9.17) is 9.47 Å². The Morgan fingerprint density at radius 1 is 1.10 bits per heavy atom. The smallest absolute Gasteiger partial charge is 0.266 e. The first-order valence-corrected chi connectivity index (χ1v) is 10.0. The molecule has 31 heavy (non-hydrogen) atoms. The number of aromatic nitrogens is 1. The third-order valence-corrected chi connectivity index (χ3v) is 5.93. The van der Waals surface area contributed by atoms with Gasteiger partial charge >= 0.3 is 0 Å². The minimum Gasteiger partial charge on any atom is -0.497 e. The van der Waals surface area contributed by atoms with E-state index in [0.29, 0.717) is 30.0 Å². The standard InChI is InChI=1S/C23H22N4O4/c1-30-15-8-7-14(21(9-15)31-2)11-24-27-13-22(28)26-12-19-17(10-20(26)23(27)29)16-5-3-4-6-18(16)25-19/h3-9,11,20,25H,10,12-13H2,1-2H3. The van der Waals surface area contributed by atoms with Crippen LogP contribution in [0.3, 0.4) is 0 Å². The normalized spacial score (nSPS) is 18.5. The number of fused-ring (bicyclic) bond motifs is 4. The summed E-state index contributed by atoms with van der Waals surface area (Å²) in [6.45, 7) is 0.322. The van der Waals surface area contributed by atoms with Crippen LogP contribution in [-0.4, -0.2) is 59.7 Å². The van der Waals surface area contributed by atoms with Crippen molar-refractivity contribution in [3.05, 3.63) is 59.3 Å². The zero-order valence-electron chi connectivity index (χ0n) is 17.3. The molecule has 0 bridgehead atoms. The van der Waals surface area contributed by atoms with Gasteiger partial charge in [0.1, 0.15) is 24.1 Å². The summed E-state index contributed by atoms with van der Waals surface area (Å²) in [5, 5.41) is 6.68. The number of nitrogens with zero attached hydrogens (tertiary/aromatic N) is 3. The van der Waals surface area contributed by atoms with E-state index < -0.39 is 6.04 Å². The predicted octanol–water partition coefficient (Wildman–Crippen LogP) is 2.31. The Morgan fingerprint density at radius 2 is 1.94 bits per heavy atom. The molecule has 2 aromatic carbocycles. The number of hydrazone groups is 1. The van der Waals surface area contributed by atoms with Gasteiger partial charge in [-0.1, -0.05) is 18.2 Å². The van der Waals surface area contributed by atoms with Gasteiger partial charge in [-0.25, -0.2) is 5.01 Å². The van der Waals surface area contributed by atoms with Crippen molar-refractivity contribution >= 4 is 28.9 Å². The molecule has 1 fully saturated rings. The molecule has 8 heteroatoms. The lowest BCUT2D eigenvalue weighted by Gasteiger charge is -2.40. The van der Waals surface area contributed by atoms with Gasteiger partial charge in [0.25, 0.3) is 5.91 Å². The molecule has 2 aliphatic rings. The van der Waals surface area contributed by atoms with Gasteiger partial charge in [0.2, 0.25) is 5.91 Å². The second-order valence-electron chi connectivity index (χ2n) is 7.62. The molecule has 5 rings (SSSR count). The van der Waals surface area contributed by atoms with Crippen LogP contribution >= 0.6 is 0 Å². The van der Waals surface area contributed by atoms with E-state index in [-0.39, 0.29) is 18.4 Å². The van der Waals surface area contributed by atoms with Gasteiger partial charge in [0.05, 0.1) is 27.0 Å². The van der Waals surface area contributed by atoms with Crippen molar-refractivity contribution < 1.29 is 19.1 Å². The van der Waals surface area contributed by atoms with Gasteiger partial charge < -0.3 is 19.4 Å². The largest absolute Gasteiger partial charge is 0.497 e. The number of methoxy groups -OCH3 is 2. The van der Waals surface area contributed by atoms with Crippen LogP contribution in [0.15, 0.2) is 47.6 Å². The minimum atomic E-state index is -0.553. The van der Waals surface area contributed by atoms with Crippen molar-refractivity contribution in [2.45, 2.75) is 19.0 Å². The van der Waals surface area contributed by atoms with Crippen LogP contribution in [0.25, 0.3) is 10.9 Å². The molecule has 1 aromatic heterocycles. The molecule has 2 aliphatic heterocycles. The lowest BCUT2D eigenvalue weighted by molar-refractivity contribution is -0.157. The Hall–Kier alpha value is -3.81. The van der Waals surface area contributed by atoms with Crippen LogP contribution in [0.2, 0.25) is 0 Å². The Balaban J connectivity index is 1.42. The van der Waals surface area contributed by atoms with Crippen molar-refractivity contribution in [2.24, 2.45) is 5.10 Å². The Kier molecular flexibility index (Phi) is 4.62. The number of benzene rings is 2. The fourth-order valence-electron chi connectivity index (χ4n) is 4.31. The molecule has 1 atom stereocenters. The maximum absolute atomic E-state index is 13.2. The summed E-state index contributed by atoms with van der Waals surface area (Å²) in [7, 11) is 3.13. The number of nitrogens with one attached hydrogen (secondary N) is 1. The van der Waals surface area contributed by atoms with Crippen LogP contribution in [-0.2, 0) is 22.6 Å². The molecule has 2 amide bonds. The highest BCUT2D eigenvalue weighted by Crippen LogP contribution is 2.32. The number of hydrogen-bond donors (Lipinski definition) is 1. The molecule has 1 N–H and O–H groups in total. The highest BCUT2D eigenvalue weighted by molar-refractivity contribution is 5.97. The summed E-state index contributed by atoms with van der Waals surface area (Å²) < 4.78 is 10.6. The number of carbonyl (C=O) groups is 2. The van der Waals surface area contributed by atoms with E-state index in [1.807, 2.05) is 24.3 Å². The summed E-state index contributed by atoms with van der Waals surface area (Å²) >= 11 is 0.